The molecule has 39 heavy (non-hydrogen) atoms. The van der Waals surface area contributed by atoms with Crippen molar-refractivity contribution in [3.05, 3.63) is 75.8 Å². The van der Waals surface area contributed by atoms with Gasteiger partial charge in [0.05, 0.1) is 39.9 Å². The number of cyclic esters (lactones) is 1. The SMILES string of the molecule is COc1cc([C@@H]2c3cc4c(cc3[C@@H](NC(=O)c3cccc(Cl)c3)[C@H]3COC(=O)[C@H]23)OCO4)cc(OC)c1OC. The molecule has 9 nitrogen and oxygen atoms in total. The van der Waals surface area contributed by atoms with Crippen LogP contribution in [-0.4, -0.2) is 46.6 Å². The Bertz CT molecular complexity index is 1450. The molecule has 1 aliphatic carbocycles. The third-order valence-electron chi connectivity index (χ3n) is 7.61. The van der Waals surface area contributed by atoms with Crippen LogP contribution in [0.15, 0.2) is 48.5 Å². The molecule has 6 rings (SSSR count). The van der Waals surface area contributed by atoms with Crippen LogP contribution >= 0.6 is 11.6 Å². The van der Waals surface area contributed by atoms with E-state index in [2.05, 4.69) is 5.32 Å². The zero-order valence-electron chi connectivity index (χ0n) is 21.5. The molecule has 10 heteroatoms. The molecule has 0 spiro atoms. The highest BCUT2D eigenvalue weighted by Gasteiger charge is 2.53. The molecule has 1 N–H and O–H groups in total. The maximum atomic E-state index is 13.4. The largest absolute Gasteiger partial charge is 0.493 e. The van der Waals surface area contributed by atoms with Gasteiger partial charge in [-0.2, -0.15) is 0 Å². The number of esters is 1. The van der Waals surface area contributed by atoms with Gasteiger partial charge in [-0.25, -0.2) is 0 Å². The van der Waals surface area contributed by atoms with Gasteiger partial charge in [-0.1, -0.05) is 17.7 Å². The lowest BCUT2D eigenvalue weighted by Crippen LogP contribution is -2.42. The molecular weight excluding hydrogens is 526 g/mol. The normalized spacial score (nSPS) is 22.4. The summed E-state index contributed by atoms with van der Waals surface area (Å²) in [5.74, 6) is 0.480. The number of rotatable bonds is 6. The van der Waals surface area contributed by atoms with Crippen molar-refractivity contribution < 1.29 is 38.0 Å². The monoisotopic (exact) mass is 551 g/mol. The van der Waals surface area contributed by atoms with Crippen LogP contribution in [0.2, 0.25) is 5.02 Å². The highest BCUT2D eigenvalue weighted by atomic mass is 35.5. The van der Waals surface area contributed by atoms with E-state index in [1.807, 2.05) is 24.3 Å². The number of carbonyl (C=O) groups is 2. The second-order valence-corrected chi connectivity index (χ2v) is 9.99. The fourth-order valence-corrected chi connectivity index (χ4v) is 6.07. The van der Waals surface area contributed by atoms with E-state index in [-0.39, 0.29) is 31.2 Å². The molecule has 2 heterocycles. The van der Waals surface area contributed by atoms with Crippen molar-refractivity contribution in [3.8, 4) is 28.7 Å². The van der Waals surface area contributed by atoms with Gasteiger partial charge in [0, 0.05) is 22.4 Å². The lowest BCUT2D eigenvalue weighted by Gasteiger charge is -2.39. The van der Waals surface area contributed by atoms with E-state index >= 15 is 0 Å². The van der Waals surface area contributed by atoms with Crippen molar-refractivity contribution in [2.45, 2.75) is 12.0 Å². The number of nitrogens with one attached hydrogen (secondary N) is 1. The van der Waals surface area contributed by atoms with Gasteiger partial charge < -0.3 is 33.7 Å². The van der Waals surface area contributed by atoms with E-state index in [9.17, 15) is 9.59 Å². The van der Waals surface area contributed by atoms with Crippen LogP contribution in [0.4, 0.5) is 0 Å². The Labute approximate surface area is 229 Å². The number of hydrogen-bond donors (Lipinski definition) is 1. The molecule has 3 aromatic rings. The predicted octanol–water partition coefficient (Wildman–Crippen LogP) is 4.50. The Morgan fingerprint density at radius 2 is 1.62 bits per heavy atom. The van der Waals surface area contributed by atoms with Crippen molar-refractivity contribution >= 4 is 23.5 Å². The molecule has 0 aromatic heterocycles. The Balaban J connectivity index is 1.52. The molecule has 0 saturated carbocycles. The molecule has 0 unspecified atom stereocenters. The molecule has 4 atom stereocenters. The summed E-state index contributed by atoms with van der Waals surface area (Å²) in [6.45, 7) is 0.236. The summed E-state index contributed by atoms with van der Waals surface area (Å²) in [4.78, 5) is 26.7. The molecule has 1 amide bonds. The number of hydrogen-bond acceptors (Lipinski definition) is 8. The number of fused-ring (bicyclic) bond motifs is 3. The molecule has 3 aliphatic rings. The quantitative estimate of drug-likeness (QED) is 0.447. The highest BCUT2D eigenvalue weighted by molar-refractivity contribution is 6.31. The first-order chi connectivity index (χ1) is 18.9. The van der Waals surface area contributed by atoms with E-state index in [0.717, 1.165) is 16.7 Å². The zero-order chi connectivity index (χ0) is 27.3. The van der Waals surface area contributed by atoms with Gasteiger partial charge >= 0.3 is 5.97 Å². The van der Waals surface area contributed by atoms with Crippen LogP contribution in [0.5, 0.6) is 28.7 Å². The average Bonchev–Trinajstić information content (AvgIpc) is 3.57. The lowest BCUT2D eigenvalue weighted by atomic mass is 9.65. The van der Waals surface area contributed by atoms with Gasteiger partial charge in [0.15, 0.2) is 23.0 Å². The van der Waals surface area contributed by atoms with Gasteiger partial charge in [-0.05, 0) is 59.2 Å². The first-order valence-electron chi connectivity index (χ1n) is 12.4. The molecule has 1 fully saturated rings. The van der Waals surface area contributed by atoms with Crippen molar-refractivity contribution in [2.24, 2.45) is 11.8 Å². The average molecular weight is 552 g/mol. The third-order valence-corrected chi connectivity index (χ3v) is 7.84. The maximum Gasteiger partial charge on any atom is 0.310 e. The fourth-order valence-electron chi connectivity index (χ4n) is 5.88. The van der Waals surface area contributed by atoms with Crippen LogP contribution < -0.4 is 29.0 Å². The standard InChI is InChI=1S/C29H26ClNO8/c1-34-22-8-15(9-23(35-2)27(22)36-3)24-17-10-20-21(39-13-38-20)11-18(17)26(19-12-37-29(33)25(19)24)31-28(32)14-5-4-6-16(30)7-14/h4-11,19,24-26H,12-13H2,1-3H3,(H,31,32)/t19-,24+,25-,26+/m0/s1. The second kappa shape index (κ2) is 9.89. The van der Waals surface area contributed by atoms with E-state index in [1.165, 1.54) is 7.11 Å². The number of benzene rings is 3. The van der Waals surface area contributed by atoms with Gasteiger partial charge in [0.2, 0.25) is 12.5 Å². The van der Waals surface area contributed by atoms with Gasteiger partial charge in [-0.15, -0.1) is 0 Å². The van der Waals surface area contributed by atoms with Gasteiger partial charge in [0.1, 0.15) is 0 Å². The minimum atomic E-state index is -0.592. The van der Waals surface area contributed by atoms with Gasteiger partial charge in [-0.3, -0.25) is 9.59 Å². The summed E-state index contributed by atoms with van der Waals surface area (Å²) in [5.41, 5.74) is 2.81. The first kappa shape index (κ1) is 25.2. The molecule has 0 radical (unpaired) electrons. The molecule has 2 aliphatic heterocycles. The summed E-state index contributed by atoms with van der Waals surface area (Å²) in [7, 11) is 4.62. The van der Waals surface area contributed by atoms with E-state index in [4.69, 9.17) is 40.0 Å². The zero-order valence-corrected chi connectivity index (χ0v) is 22.2. The van der Waals surface area contributed by atoms with Crippen molar-refractivity contribution in [3.63, 3.8) is 0 Å². The molecular formula is C29H26ClNO8. The van der Waals surface area contributed by atoms with Crippen LogP contribution in [-0.2, 0) is 9.53 Å². The molecule has 202 valence electrons. The summed E-state index contributed by atoms with van der Waals surface area (Å²) >= 11 is 6.14. The number of ether oxygens (including phenoxy) is 6. The van der Waals surface area contributed by atoms with Crippen LogP contribution in [0.25, 0.3) is 0 Å². The Hall–Kier alpha value is -4.11. The molecule has 0 bridgehead atoms. The topological polar surface area (TPSA) is 102 Å². The van der Waals surface area contributed by atoms with E-state index < -0.39 is 17.9 Å². The predicted molar refractivity (Wildman–Crippen MR) is 140 cm³/mol. The van der Waals surface area contributed by atoms with Gasteiger partial charge in [0.25, 0.3) is 5.91 Å². The van der Waals surface area contributed by atoms with E-state index in [0.29, 0.717) is 39.3 Å². The Morgan fingerprint density at radius 3 is 2.26 bits per heavy atom. The summed E-state index contributed by atoms with van der Waals surface area (Å²) in [6, 6.07) is 13.6. The first-order valence-corrected chi connectivity index (χ1v) is 12.8. The van der Waals surface area contributed by atoms with Crippen LogP contribution in [0.3, 0.4) is 0 Å². The lowest BCUT2D eigenvalue weighted by molar-refractivity contribution is -0.141. The minimum absolute atomic E-state index is 0.0848. The smallest absolute Gasteiger partial charge is 0.310 e. The number of amides is 1. The molecule has 3 aromatic carbocycles. The maximum absolute atomic E-state index is 13.4. The number of carbonyl (C=O) groups excluding carboxylic acids is 2. The number of methoxy groups -OCH3 is 3. The second-order valence-electron chi connectivity index (χ2n) is 9.55. The molecule has 1 saturated heterocycles. The highest BCUT2D eigenvalue weighted by Crippen LogP contribution is 2.55. The summed E-state index contributed by atoms with van der Waals surface area (Å²) in [5, 5.41) is 3.60. The summed E-state index contributed by atoms with van der Waals surface area (Å²) < 4.78 is 33.7. The van der Waals surface area contributed by atoms with Crippen molar-refractivity contribution in [2.75, 3.05) is 34.7 Å². The third kappa shape index (κ3) is 4.17. The van der Waals surface area contributed by atoms with Crippen molar-refractivity contribution in [1.82, 2.24) is 5.32 Å². The summed E-state index contributed by atoms with van der Waals surface area (Å²) in [6.07, 6.45) is 0. The van der Waals surface area contributed by atoms with Crippen LogP contribution in [0, 0.1) is 11.8 Å². The fraction of sp³-hybridized carbons (Fsp3) is 0.310. The van der Waals surface area contributed by atoms with Crippen molar-refractivity contribution in [1.29, 1.82) is 0 Å². The minimum Gasteiger partial charge on any atom is -0.493 e. The Kier molecular flexibility index (Phi) is 6.38. The Morgan fingerprint density at radius 1 is 0.923 bits per heavy atom. The number of halogens is 1. The van der Waals surface area contributed by atoms with E-state index in [1.54, 1.807) is 38.5 Å². The van der Waals surface area contributed by atoms with Crippen LogP contribution in [0.1, 0.15) is 39.0 Å².